The van der Waals surface area contributed by atoms with Crippen LogP contribution in [0.3, 0.4) is 0 Å². The van der Waals surface area contributed by atoms with E-state index in [0.29, 0.717) is 50.3 Å². The molecule has 0 saturated carbocycles. The molecule has 2 saturated heterocycles. The monoisotopic (exact) mass is 456 g/mol. The summed E-state index contributed by atoms with van der Waals surface area (Å²) in [6.07, 6.45) is 6.05. The van der Waals surface area contributed by atoms with Crippen LogP contribution in [0.1, 0.15) is 36.0 Å². The minimum Gasteiger partial charge on any atom is -0.472 e. The molecule has 2 fully saturated rings. The number of urea groups is 1. The molecule has 8 nitrogen and oxygen atoms in total. The molecule has 4 amide bonds. The van der Waals surface area contributed by atoms with Crippen LogP contribution in [-0.4, -0.2) is 60.4 Å². The summed E-state index contributed by atoms with van der Waals surface area (Å²) < 4.78 is 18.2. The Morgan fingerprint density at radius 3 is 2.61 bits per heavy atom. The van der Waals surface area contributed by atoms with Crippen LogP contribution in [0.5, 0.6) is 0 Å². The van der Waals surface area contributed by atoms with E-state index in [1.54, 1.807) is 17.0 Å². The summed E-state index contributed by atoms with van der Waals surface area (Å²) in [6.45, 7) is 2.88. The Kier molecular flexibility index (Phi) is 7.26. The van der Waals surface area contributed by atoms with Crippen LogP contribution in [-0.2, 0) is 4.79 Å². The number of anilines is 1. The summed E-state index contributed by atoms with van der Waals surface area (Å²) in [7, 11) is 0. The minimum atomic E-state index is -0.411. The average Bonchev–Trinajstić information content (AvgIpc) is 3.37. The van der Waals surface area contributed by atoms with Crippen LogP contribution in [0.4, 0.5) is 14.9 Å². The third-order valence-electron chi connectivity index (χ3n) is 6.36. The number of hydrogen-bond acceptors (Lipinski definition) is 4. The summed E-state index contributed by atoms with van der Waals surface area (Å²) in [5.41, 5.74) is 0.929. The number of furan rings is 1. The molecular formula is C24H29FN4O4. The summed E-state index contributed by atoms with van der Waals surface area (Å²) in [5, 5.41) is 5.45. The van der Waals surface area contributed by atoms with Crippen molar-refractivity contribution in [2.75, 3.05) is 38.0 Å². The van der Waals surface area contributed by atoms with Gasteiger partial charge in [-0.1, -0.05) is 6.07 Å². The van der Waals surface area contributed by atoms with E-state index in [4.69, 9.17) is 4.42 Å². The molecule has 1 atom stereocenters. The highest BCUT2D eigenvalue weighted by atomic mass is 19.1. The third-order valence-corrected chi connectivity index (χ3v) is 6.36. The average molecular weight is 457 g/mol. The molecule has 0 spiro atoms. The predicted molar refractivity (Wildman–Crippen MR) is 120 cm³/mol. The molecular weight excluding hydrogens is 427 g/mol. The SMILES string of the molecule is O=C(NCC1CCCN(C(=O)C2CCN(C(=O)c3ccoc3)CC2)C1)Nc1cccc(F)c1. The quantitative estimate of drug-likeness (QED) is 0.722. The summed E-state index contributed by atoms with van der Waals surface area (Å²) in [6, 6.07) is 7.00. The fraction of sp³-hybridized carbons (Fsp3) is 0.458. The number of likely N-dealkylation sites (tertiary alicyclic amines) is 2. The lowest BCUT2D eigenvalue weighted by molar-refractivity contribution is -0.138. The van der Waals surface area contributed by atoms with Gasteiger partial charge in [0.1, 0.15) is 12.1 Å². The second kappa shape index (κ2) is 10.5. The van der Waals surface area contributed by atoms with Crippen LogP contribution in [0, 0.1) is 17.7 Å². The first-order valence-electron chi connectivity index (χ1n) is 11.4. The lowest BCUT2D eigenvalue weighted by atomic mass is 9.92. The Labute approximate surface area is 192 Å². The molecule has 176 valence electrons. The van der Waals surface area contributed by atoms with Crippen molar-refractivity contribution in [2.45, 2.75) is 25.7 Å². The second-order valence-corrected chi connectivity index (χ2v) is 8.72. The molecule has 9 heteroatoms. The van der Waals surface area contributed by atoms with Crippen molar-refractivity contribution in [3.05, 3.63) is 54.2 Å². The van der Waals surface area contributed by atoms with E-state index < -0.39 is 11.8 Å². The van der Waals surface area contributed by atoms with Crippen LogP contribution in [0.2, 0.25) is 0 Å². The zero-order valence-electron chi connectivity index (χ0n) is 18.5. The molecule has 1 aromatic heterocycles. The van der Waals surface area contributed by atoms with Gasteiger partial charge in [-0.2, -0.15) is 0 Å². The summed E-state index contributed by atoms with van der Waals surface area (Å²) in [4.78, 5) is 41.4. The molecule has 0 bridgehead atoms. The van der Waals surface area contributed by atoms with Gasteiger partial charge in [-0.25, -0.2) is 9.18 Å². The smallest absolute Gasteiger partial charge is 0.319 e. The highest BCUT2D eigenvalue weighted by Gasteiger charge is 2.33. The van der Waals surface area contributed by atoms with Crippen LogP contribution in [0.15, 0.2) is 47.3 Å². The Bertz CT molecular complexity index is 973. The number of rotatable bonds is 5. The van der Waals surface area contributed by atoms with Crippen LogP contribution in [0.25, 0.3) is 0 Å². The minimum absolute atomic E-state index is 0.0599. The van der Waals surface area contributed by atoms with Crippen LogP contribution < -0.4 is 10.6 Å². The van der Waals surface area contributed by atoms with E-state index in [9.17, 15) is 18.8 Å². The van der Waals surface area contributed by atoms with E-state index in [-0.39, 0.29) is 23.7 Å². The van der Waals surface area contributed by atoms with Gasteiger partial charge in [0.25, 0.3) is 5.91 Å². The normalized spacial score (nSPS) is 19.2. The molecule has 0 aliphatic carbocycles. The van der Waals surface area contributed by atoms with Crippen molar-refractivity contribution in [3.63, 3.8) is 0 Å². The standard InChI is InChI=1S/C24H29FN4O4/c25-20-4-1-5-21(13-20)27-24(32)26-14-17-3-2-9-29(15-17)22(30)18-6-10-28(11-7-18)23(31)19-8-12-33-16-19/h1,4-5,8,12-13,16-18H,2-3,6-7,9-11,14-15H2,(H2,26,27,32). The van der Waals surface area contributed by atoms with Gasteiger partial charge in [-0.3, -0.25) is 9.59 Å². The van der Waals surface area contributed by atoms with Crippen LogP contribution >= 0.6 is 0 Å². The molecule has 2 aliphatic heterocycles. The van der Waals surface area contributed by atoms with Gasteiger partial charge in [0, 0.05) is 44.3 Å². The van der Waals surface area contributed by atoms with Gasteiger partial charge in [-0.15, -0.1) is 0 Å². The summed E-state index contributed by atoms with van der Waals surface area (Å²) in [5.74, 6) is -0.245. The van der Waals surface area contributed by atoms with E-state index >= 15 is 0 Å². The number of nitrogens with one attached hydrogen (secondary N) is 2. The maximum atomic E-state index is 13.3. The largest absolute Gasteiger partial charge is 0.472 e. The van der Waals surface area contributed by atoms with Crippen molar-refractivity contribution in [1.82, 2.24) is 15.1 Å². The predicted octanol–water partition coefficient (Wildman–Crippen LogP) is 3.33. The van der Waals surface area contributed by atoms with Crippen molar-refractivity contribution >= 4 is 23.5 Å². The zero-order valence-corrected chi connectivity index (χ0v) is 18.5. The maximum absolute atomic E-state index is 13.3. The van der Waals surface area contributed by atoms with Crippen molar-refractivity contribution in [2.24, 2.45) is 11.8 Å². The van der Waals surface area contributed by atoms with Gasteiger partial charge in [0.2, 0.25) is 5.91 Å². The van der Waals surface area contributed by atoms with Crippen molar-refractivity contribution in [3.8, 4) is 0 Å². The molecule has 3 heterocycles. The highest BCUT2D eigenvalue weighted by Crippen LogP contribution is 2.24. The first kappa shape index (κ1) is 22.8. The van der Waals surface area contributed by atoms with E-state index in [1.165, 1.54) is 30.7 Å². The molecule has 2 N–H and O–H groups in total. The lowest BCUT2D eigenvalue weighted by Crippen LogP contribution is -2.48. The number of carbonyl (C=O) groups excluding carboxylic acids is 3. The maximum Gasteiger partial charge on any atom is 0.319 e. The van der Waals surface area contributed by atoms with Gasteiger partial charge < -0.3 is 24.9 Å². The molecule has 1 unspecified atom stereocenters. The fourth-order valence-corrected chi connectivity index (χ4v) is 4.57. The number of carbonyl (C=O) groups is 3. The number of hydrogen-bond donors (Lipinski definition) is 2. The Balaban J connectivity index is 1.21. The third kappa shape index (κ3) is 5.91. The number of halogens is 1. The number of nitrogens with zero attached hydrogens (tertiary/aromatic N) is 2. The molecule has 0 radical (unpaired) electrons. The molecule has 2 aliphatic rings. The van der Waals surface area contributed by atoms with Gasteiger partial charge in [0.15, 0.2) is 0 Å². The molecule has 4 rings (SSSR count). The molecule has 1 aromatic carbocycles. The van der Waals surface area contributed by atoms with E-state index in [0.717, 1.165) is 19.4 Å². The Morgan fingerprint density at radius 2 is 1.88 bits per heavy atom. The number of piperidine rings is 2. The van der Waals surface area contributed by atoms with Gasteiger partial charge >= 0.3 is 6.03 Å². The second-order valence-electron chi connectivity index (χ2n) is 8.72. The molecule has 2 aromatic rings. The van der Waals surface area contributed by atoms with Crippen molar-refractivity contribution in [1.29, 1.82) is 0 Å². The zero-order chi connectivity index (χ0) is 23.2. The lowest BCUT2D eigenvalue weighted by Gasteiger charge is -2.37. The summed E-state index contributed by atoms with van der Waals surface area (Å²) >= 11 is 0. The van der Waals surface area contributed by atoms with Crippen molar-refractivity contribution < 1.29 is 23.2 Å². The van der Waals surface area contributed by atoms with E-state index in [2.05, 4.69) is 10.6 Å². The van der Waals surface area contributed by atoms with Gasteiger partial charge in [0.05, 0.1) is 11.8 Å². The highest BCUT2D eigenvalue weighted by molar-refractivity contribution is 5.94. The Morgan fingerprint density at radius 1 is 1.06 bits per heavy atom. The number of amides is 4. The first-order valence-corrected chi connectivity index (χ1v) is 11.4. The molecule has 33 heavy (non-hydrogen) atoms. The number of benzene rings is 1. The first-order chi connectivity index (χ1) is 16.0. The van der Waals surface area contributed by atoms with Gasteiger partial charge in [-0.05, 0) is 55.9 Å². The van der Waals surface area contributed by atoms with E-state index in [1.807, 2.05) is 4.90 Å². The fourth-order valence-electron chi connectivity index (χ4n) is 4.57. The Hall–Kier alpha value is -3.36. The topological polar surface area (TPSA) is 94.9 Å².